The normalized spacial score (nSPS) is 16.0. The first-order valence-corrected chi connectivity index (χ1v) is 7.00. The van der Waals surface area contributed by atoms with Crippen molar-refractivity contribution in [3.05, 3.63) is 36.0 Å². The molecule has 1 saturated heterocycles. The van der Waals surface area contributed by atoms with Crippen molar-refractivity contribution in [2.75, 3.05) is 37.8 Å². The minimum absolute atomic E-state index is 0.195. The lowest BCUT2D eigenvalue weighted by atomic mass is 10.1. The monoisotopic (exact) mass is 285 g/mol. The topological polar surface area (TPSA) is 90.3 Å². The lowest BCUT2D eigenvalue weighted by molar-refractivity contribution is 0.0342. The summed E-state index contributed by atoms with van der Waals surface area (Å²) in [6, 6.07) is 8.31. The number of nitrogens with two attached hydrogens (primary N) is 2. The first kappa shape index (κ1) is 13.8. The molecule has 1 aliphatic rings. The molecule has 1 aromatic carbocycles. The Hall–Kier alpha value is -2.18. The standard InChI is InChI=1S/C15H19N5O/c16-14-13(9-18-15(17)19-14)12-3-1-11(2-4-12)10-20-5-7-21-8-6-20/h1-4,9H,5-8,10H2,(H4,16,17,18,19). The summed E-state index contributed by atoms with van der Waals surface area (Å²) < 4.78 is 5.36. The smallest absolute Gasteiger partial charge is 0.221 e. The van der Waals surface area contributed by atoms with Crippen LogP contribution < -0.4 is 11.5 Å². The van der Waals surface area contributed by atoms with Gasteiger partial charge in [-0.05, 0) is 11.1 Å². The average molecular weight is 285 g/mol. The molecule has 21 heavy (non-hydrogen) atoms. The van der Waals surface area contributed by atoms with Crippen LogP contribution in [0.3, 0.4) is 0 Å². The summed E-state index contributed by atoms with van der Waals surface area (Å²) >= 11 is 0. The molecule has 2 aromatic rings. The van der Waals surface area contributed by atoms with Crippen molar-refractivity contribution in [1.82, 2.24) is 14.9 Å². The van der Waals surface area contributed by atoms with Gasteiger partial charge in [0.25, 0.3) is 0 Å². The molecule has 6 heteroatoms. The lowest BCUT2D eigenvalue weighted by Crippen LogP contribution is -2.35. The van der Waals surface area contributed by atoms with Gasteiger partial charge in [-0.15, -0.1) is 0 Å². The Morgan fingerprint density at radius 3 is 2.48 bits per heavy atom. The van der Waals surface area contributed by atoms with Gasteiger partial charge in [0.2, 0.25) is 5.95 Å². The van der Waals surface area contributed by atoms with Gasteiger partial charge in [-0.1, -0.05) is 24.3 Å². The highest BCUT2D eigenvalue weighted by Crippen LogP contribution is 2.24. The van der Waals surface area contributed by atoms with E-state index in [1.54, 1.807) is 6.20 Å². The Bertz CT molecular complexity index is 608. The van der Waals surface area contributed by atoms with Crippen LogP contribution in [0.2, 0.25) is 0 Å². The van der Waals surface area contributed by atoms with Gasteiger partial charge in [0.15, 0.2) is 0 Å². The highest BCUT2D eigenvalue weighted by molar-refractivity contribution is 5.73. The number of morpholine rings is 1. The van der Waals surface area contributed by atoms with Crippen LogP contribution in [-0.4, -0.2) is 41.2 Å². The predicted molar refractivity (Wildman–Crippen MR) is 82.4 cm³/mol. The number of aromatic nitrogens is 2. The van der Waals surface area contributed by atoms with Crippen LogP contribution in [0, 0.1) is 0 Å². The van der Waals surface area contributed by atoms with E-state index in [-0.39, 0.29) is 5.95 Å². The van der Waals surface area contributed by atoms with Crippen molar-refractivity contribution < 1.29 is 4.74 Å². The Labute approximate surface area is 123 Å². The number of hydrogen-bond donors (Lipinski definition) is 2. The Balaban J connectivity index is 1.74. The van der Waals surface area contributed by atoms with Crippen LogP contribution in [0.4, 0.5) is 11.8 Å². The first-order chi connectivity index (χ1) is 10.2. The number of benzene rings is 1. The minimum Gasteiger partial charge on any atom is -0.383 e. The van der Waals surface area contributed by atoms with Crippen molar-refractivity contribution in [2.24, 2.45) is 0 Å². The fourth-order valence-corrected chi connectivity index (χ4v) is 2.44. The second-order valence-corrected chi connectivity index (χ2v) is 5.11. The zero-order chi connectivity index (χ0) is 14.7. The van der Waals surface area contributed by atoms with Crippen LogP contribution in [-0.2, 0) is 11.3 Å². The van der Waals surface area contributed by atoms with E-state index in [2.05, 4.69) is 27.0 Å². The molecule has 0 amide bonds. The minimum atomic E-state index is 0.195. The fourth-order valence-electron chi connectivity index (χ4n) is 2.44. The number of rotatable bonds is 3. The molecule has 110 valence electrons. The van der Waals surface area contributed by atoms with Gasteiger partial charge in [-0.2, -0.15) is 4.98 Å². The van der Waals surface area contributed by atoms with Crippen molar-refractivity contribution in [3.63, 3.8) is 0 Å². The fraction of sp³-hybridized carbons (Fsp3) is 0.333. The number of hydrogen-bond acceptors (Lipinski definition) is 6. The molecule has 0 radical (unpaired) electrons. The van der Waals surface area contributed by atoms with Crippen molar-refractivity contribution in [1.29, 1.82) is 0 Å². The molecular weight excluding hydrogens is 266 g/mol. The van der Waals surface area contributed by atoms with E-state index >= 15 is 0 Å². The van der Waals surface area contributed by atoms with E-state index in [0.717, 1.165) is 44.0 Å². The summed E-state index contributed by atoms with van der Waals surface area (Å²) in [5.74, 6) is 0.601. The lowest BCUT2D eigenvalue weighted by Gasteiger charge is -2.26. The van der Waals surface area contributed by atoms with Crippen LogP contribution in [0.25, 0.3) is 11.1 Å². The van der Waals surface area contributed by atoms with E-state index in [4.69, 9.17) is 16.2 Å². The van der Waals surface area contributed by atoms with Gasteiger partial charge in [0.1, 0.15) is 5.82 Å². The largest absolute Gasteiger partial charge is 0.383 e. The molecule has 6 nitrogen and oxygen atoms in total. The Morgan fingerprint density at radius 2 is 1.81 bits per heavy atom. The molecule has 4 N–H and O–H groups in total. The molecule has 2 heterocycles. The summed E-state index contributed by atoms with van der Waals surface area (Å²) in [7, 11) is 0. The maximum Gasteiger partial charge on any atom is 0.221 e. The van der Waals surface area contributed by atoms with Crippen molar-refractivity contribution >= 4 is 11.8 Å². The maximum atomic E-state index is 5.89. The molecule has 1 fully saturated rings. The molecule has 1 aromatic heterocycles. The summed E-state index contributed by atoms with van der Waals surface area (Å²) in [5, 5.41) is 0. The van der Waals surface area contributed by atoms with Gasteiger partial charge >= 0.3 is 0 Å². The van der Waals surface area contributed by atoms with Gasteiger partial charge in [0.05, 0.1) is 13.2 Å². The SMILES string of the molecule is Nc1ncc(-c2ccc(CN3CCOCC3)cc2)c(N)n1. The van der Waals surface area contributed by atoms with Crippen LogP contribution in [0.1, 0.15) is 5.56 Å². The molecule has 0 unspecified atom stereocenters. The zero-order valence-corrected chi connectivity index (χ0v) is 11.8. The van der Waals surface area contributed by atoms with Crippen molar-refractivity contribution in [2.45, 2.75) is 6.54 Å². The van der Waals surface area contributed by atoms with Gasteiger partial charge < -0.3 is 16.2 Å². The average Bonchev–Trinajstić information content (AvgIpc) is 2.49. The van der Waals surface area contributed by atoms with E-state index < -0.39 is 0 Å². The van der Waals surface area contributed by atoms with E-state index in [9.17, 15) is 0 Å². The second kappa shape index (κ2) is 6.07. The third kappa shape index (κ3) is 3.29. The molecule has 0 bridgehead atoms. The maximum absolute atomic E-state index is 5.89. The number of ether oxygens (including phenoxy) is 1. The summed E-state index contributed by atoms with van der Waals surface area (Å²) in [5.41, 5.74) is 14.5. The highest BCUT2D eigenvalue weighted by atomic mass is 16.5. The molecular formula is C15H19N5O. The van der Waals surface area contributed by atoms with Gasteiger partial charge in [0, 0.05) is 31.4 Å². The third-order valence-electron chi connectivity index (χ3n) is 3.61. The predicted octanol–water partition coefficient (Wildman–Crippen LogP) is 1.14. The summed E-state index contributed by atoms with van der Waals surface area (Å²) in [6.45, 7) is 4.55. The Morgan fingerprint density at radius 1 is 1.10 bits per heavy atom. The van der Waals surface area contributed by atoms with E-state index in [1.165, 1.54) is 5.56 Å². The molecule has 0 saturated carbocycles. The highest BCUT2D eigenvalue weighted by Gasteiger charge is 2.11. The molecule has 1 aliphatic heterocycles. The number of nitrogen functional groups attached to an aromatic ring is 2. The van der Waals surface area contributed by atoms with Crippen molar-refractivity contribution in [3.8, 4) is 11.1 Å². The van der Waals surface area contributed by atoms with Gasteiger partial charge in [-0.3, -0.25) is 4.90 Å². The quantitative estimate of drug-likeness (QED) is 0.879. The molecule has 0 aliphatic carbocycles. The Kier molecular flexibility index (Phi) is 3.98. The van der Waals surface area contributed by atoms with E-state index in [0.29, 0.717) is 5.82 Å². The molecule has 3 rings (SSSR count). The number of nitrogens with zero attached hydrogens (tertiary/aromatic N) is 3. The second-order valence-electron chi connectivity index (χ2n) is 5.11. The van der Waals surface area contributed by atoms with Gasteiger partial charge in [-0.25, -0.2) is 4.98 Å². The third-order valence-corrected chi connectivity index (χ3v) is 3.61. The molecule has 0 spiro atoms. The summed E-state index contributed by atoms with van der Waals surface area (Å²) in [6.07, 6.45) is 1.66. The number of anilines is 2. The summed E-state index contributed by atoms with van der Waals surface area (Å²) in [4.78, 5) is 10.4. The van der Waals surface area contributed by atoms with Crippen LogP contribution in [0.5, 0.6) is 0 Å². The van der Waals surface area contributed by atoms with Crippen LogP contribution >= 0.6 is 0 Å². The molecule has 0 atom stereocenters. The van der Waals surface area contributed by atoms with E-state index in [1.807, 2.05) is 12.1 Å². The zero-order valence-electron chi connectivity index (χ0n) is 11.8. The first-order valence-electron chi connectivity index (χ1n) is 7.00. The van der Waals surface area contributed by atoms with Crippen LogP contribution in [0.15, 0.2) is 30.5 Å².